The molecule has 0 bridgehead atoms. The summed E-state index contributed by atoms with van der Waals surface area (Å²) in [6.07, 6.45) is -0.814. The van der Waals surface area contributed by atoms with Crippen molar-refractivity contribution in [2.45, 2.75) is 19.6 Å². The van der Waals surface area contributed by atoms with Gasteiger partial charge in [0.15, 0.2) is 0 Å². The van der Waals surface area contributed by atoms with Crippen molar-refractivity contribution in [1.29, 1.82) is 0 Å². The van der Waals surface area contributed by atoms with Crippen LogP contribution in [0.3, 0.4) is 0 Å². The van der Waals surface area contributed by atoms with Crippen molar-refractivity contribution in [3.63, 3.8) is 0 Å². The zero-order chi connectivity index (χ0) is 11.3. The number of aliphatic hydroxyl groups excluding tert-OH is 1. The largest absolute Gasteiger partial charge is 0.508 e. The van der Waals surface area contributed by atoms with Crippen molar-refractivity contribution in [3.05, 3.63) is 29.3 Å². The van der Waals surface area contributed by atoms with Gasteiger partial charge in [0, 0.05) is 18.7 Å². The van der Waals surface area contributed by atoms with Gasteiger partial charge in [-0.05, 0) is 18.6 Å². The molecule has 0 fully saturated rings. The van der Waals surface area contributed by atoms with Crippen LogP contribution in [0.4, 0.5) is 0 Å². The van der Waals surface area contributed by atoms with Crippen LogP contribution in [0.15, 0.2) is 18.2 Å². The van der Waals surface area contributed by atoms with Gasteiger partial charge in [0.1, 0.15) is 5.75 Å². The molecule has 0 spiro atoms. The van der Waals surface area contributed by atoms with E-state index in [0.29, 0.717) is 18.8 Å². The van der Waals surface area contributed by atoms with Gasteiger partial charge in [0.05, 0.1) is 12.7 Å². The topological polar surface area (TPSA) is 75.7 Å². The SMILES string of the molecule is CCOCc1ccc(C(O)CN)c(O)c1. The number of ether oxygens (including phenoxy) is 1. The molecule has 0 aliphatic carbocycles. The minimum absolute atomic E-state index is 0.0603. The number of aromatic hydroxyl groups is 1. The van der Waals surface area contributed by atoms with Gasteiger partial charge in [-0.3, -0.25) is 0 Å². The highest BCUT2D eigenvalue weighted by atomic mass is 16.5. The van der Waals surface area contributed by atoms with E-state index in [1.165, 1.54) is 0 Å². The summed E-state index contributed by atoms with van der Waals surface area (Å²) in [7, 11) is 0. The summed E-state index contributed by atoms with van der Waals surface area (Å²) in [5.74, 6) is 0.0603. The Morgan fingerprint density at radius 2 is 2.20 bits per heavy atom. The molecule has 1 aromatic carbocycles. The molecule has 1 atom stereocenters. The van der Waals surface area contributed by atoms with E-state index in [1.54, 1.807) is 12.1 Å². The number of hydrogen-bond acceptors (Lipinski definition) is 4. The molecule has 0 aromatic heterocycles. The number of aliphatic hydroxyl groups is 1. The second-order valence-electron chi connectivity index (χ2n) is 3.28. The van der Waals surface area contributed by atoms with Crippen molar-refractivity contribution in [3.8, 4) is 5.75 Å². The van der Waals surface area contributed by atoms with Crippen molar-refractivity contribution in [2.75, 3.05) is 13.2 Å². The lowest BCUT2D eigenvalue weighted by Gasteiger charge is -2.11. The van der Waals surface area contributed by atoms with E-state index in [1.807, 2.05) is 13.0 Å². The molecule has 1 rings (SSSR count). The first kappa shape index (κ1) is 12.0. The zero-order valence-electron chi connectivity index (χ0n) is 8.81. The number of hydrogen-bond donors (Lipinski definition) is 3. The Hall–Kier alpha value is -1.10. The molecule has 15 heavy (non-hydrogen) atoms. The van der Waals surface area contributed by atoms with Crippen molar-refractivity contribution < 1.29 is 14.9 Å². The third-order valence-electron chi connectivity index (χ3n) is 2.15. The van der Waals surface area contributed by atoms with Crippen LogP contribution >= 0.6 is 0 Å². The van der Waals surface area contributed by atoms with Crippen LogP contribution in [-0.2, 0) is 11.3 Å². The molecular formula is C11H17NO3. The van der Waals surface area contributed by atoms with E-state index in [-0.39, 0.29) is 12.3 Å². The molecule has 0 heterocycles. The monoisotopic (exact) mass is 211 g/mol. The van der Waals surface area contributed by atoms with E-state index in [0.717, 1.165) is 5.56 Å². The summed E-state index contributed by atoms with van der Waals surface area (Å²) in [5.41, 5.74) is 6.64. The number of rotatable bonds is 5. The van der Waals surface area contributed by atoms with Crippen LogP contribution in [0.2, 0.25) is 0 Å². The van der Waals surface area contributed by atoms with Crippen molar-refractivity contribution >= 4 is 0 Å². The number of nitrogens with two attached hydrogens (primary N) is 1. The molecule has 1 aromatic rings. The molecule has 4 N–H and O–H groups in total. The van der Waals surface area contributed by atoms with Gasteiger partial charge in [0.25, 0.3) is 0 Å². The predicted molar refractivity (Wildman–Crippen MR) is 57.5 cm³/mol. The Morgan fingerprint density at radius 1 is 1.47 bits per heavy atom. The van der Waals surface area contributed by atoms with Crippen LogP contribution < -0.4 is 5.73 Å². The lowest BCUT2D eigenvalue weighted by molar-refractivity contribution is 0.133. The third kappa shape index (κ3) is 3.20. The smallest absolute Gasteiger partial charge is 0.121 e. The van der Waals surface area contributed by atoms with E-state index < -0.39 is 6.10 Å². The minimum Gasteiger partial charge on any atom is -0.508 e. The Balaban J connectivity index is 2.78. The quantitative estimate of drug-likeness (QED) is 0.677. The molecule has 0 aliphatic heterocycles. The second-order valence-corrected chi connectivity index (χ2v) is 3.28. The lowest BCUT2D eigenvalue weighted by atomic mass is 10.1. The average molecular weight is 211 g/mol. The summed E-state index contributed by atoms with van der Waals surface area (Å²) in [6, 6.07) is 5.06. The summed E-state index contributed by atoms with van der Waals surface area (Å²) < 4.78 is 5.20. The molecule has 84 valence electrons. The molecule has 0 amide bonds. The van der Waals surface area contributed by atoms with Gasteiger partial charge >= 0.3 is 0 Å². The van der Waals surface area contributed by atoms with Crippen LogP contribution in [0.5, 0.6) is 5.75 Å². The Bertz CT molecular complexity index is 315. The van der Waals surface area contributed by atoms with Crippen LogP contribution in [-0.4, -0.2) is 23.4 Å². The van der Waals surface area contributed by atoms with Gasteiger partial charge in [-0.1, -0.05) is 12.1 Å². The second kappa shape index (κ2) is 5.70. The first-order valence-corrected chi connectivity index (χ1v) is 4.96. The fourth-order valence-corrected chi connectivity index (χ4v) is 1.31. The van der Waals surface area contributed by atoms with E-state index in [4.69, 9.17) is 10.5 Å². The molecule has 4 nitrogen and oxygen atoms in total. The van der Waals surface area contributed by atoms with Crippen LogP contribution in [0.1, 0.15) is 24.2 Å². The van der Waals surface area contributed by atoms with E-state index >= 15 is 0 Å². The third-order valence-corrected chi connectivity index (χ3v) is 2.15. The normalized spacial score (nSPS) is 12.7. The summed E-state index contributed by atoms with van der Waals surface area (Å²) in [5, 5.41) is 19.1. The molecule has 0 radical (unpaired) electrons. The van der Waals surface area contributed by atoms with E-state index in [9.17, 15) is 10.2 Å². The van der Waals surface area contributed by atoms with Gasteiger partial charge < -0.3 is 20.7 Å². The van der Waals surface area contributed by atoms with Crippen LogP contribution in [0.25, 0.3) is 0 Å². The summed E-state index contributed by atoms with van der Waals surface area (Å²) in [4.78, 5) is 0. The Kier molecular flexibility index (Phi) is 4.55. The maximum Gasteiger partial charge on any atom is 0.121 e. The standard InChI is InChI=1S/C11H17NO3/c1-2-15-7-8-3-4-9(10(13)5-8)11(14)6-12/h3-5,11,13-14H,2,6-7,12H2,1H3. The molecule has 0 aliphatic rings. The van der Waals surface area contributed by atoms with Crippen molar-refractivity contribution in [1.82, 2.24) is 0 Å². The summed E-state index contributed by atoms with van der Waals surface area (Å²) >= 11 is 0. The highest BCUT2D eigenvalue weighted by Crippen LogP contribution is 2.24. The molecule has 1 unspecified atom stereocenters. The van der Waals surface area contributed by atoms with Gasteiger partial charge in [-0.15, -0.1) is 0 Å². The number of phenols is 1. The maximum atomic E-state index is 9.62. The number of benzene rings is 1. The van der Waals surface area contributed by atoms with E-state index in [2.05, 4.69) is 0 Å². The minimum atomic E-state index is -0.814. The highest BCUT2D eigenvalue weighted by molar-refractivity contribution is 5.37. The summed E-state index contributed by atoms with van der Waals surface area (Å²) in [6.45, 7) is 3.10. The lowest BCUT2D eigenvalue weighted by Crippen LogP contribution is -2.11. The zero-order valence-corrected chi connectivity index (χ0v) is 8.81. The number of phenolic OH excluding ortho intramolecular Hbond substituents is 1. The maximum absolute atomic E-state index is 9.62. The average Bonchev–Trinajstić information content (AvgIpc) is 2.25. The first-order chi connectivity index (χ1) is 7.19. The Morgan fingerprint density at radius 3 is 2.73 bits per heavy atom. The fraction of sp³-hybridized carbons (Fsp3) is 0.455. The van der Waals surface area contributed by atoms with Gasteiger partial charge in [-0.25, -0.2) is 0 Å². The van der Waals surface area contributed by atoms with Crippen molar-refractivity contribution in [2.24, 2.45) is 5.73 Å². The van der Waals surface area contributed by atoms with Gasteiger partial charge in [0.2, 0.25) is 0 Å². The molecular weight excluding hydrogens is 194 g/mol. The van der Waals surface area contributed by atoms with Gasteiger partial charge in [-0.2, -0.15) is 0 Å². The fourth-order valence-electron chi connectivity index (χ4n) is 1.31. The molecule has 4 heteroatoms. The highest BCUT2D eigenvalue weighted by Gasteiger charge is 2.10. The Labute approximate surface area is 89.3 Å². The first-order valence-electron chi connectivity index (χ1n) is 4.96. The molecule has 0 saturated heterocycles. The predicted octanol–water partition coefficient (Wildman–Crippen LogP) is 0.921. The molecule has 0 saturated carbocycles. The van der Waals surface area contributed by atoms with Crippen LogP contribution in [0, 0.1) is 0 Å².